The molecule has 0 bridgehead atoms. The van der Waals surface area contributed by atoms with Gasteiger partial charge in [-0.3, -0.25) is 4.79 Å². The number of aromatic nitrogens is 2. The maximum atomic E-state index is 13.0. The second-order valence-electron chi connectivity index (χ2n) is 7.22. The molecule has 0 saturated carbocycles. The molecule has 174 valence electrons. The van der Waals surface area contributed by atoms with Gasteiger partial charge in [-0.2, -0.15) is 9.78 Å². The highest BCUT2D eigenvalue weighted by atomic mass is 79.9. The minimum Gasteiger partial charge on any atom is -0.493 e. The van der Waals surface area contributed by atoms with Gasteiger partial charge in [0.05, 0.1) is 24.2 Å². The first-order valence-electron chi connectivity index (χ1n) is 9.95. The summed E-state index contributed by atoms with van der Waals surface area (Å²) < 4.78 is 14.0. The zero-order chi connectivity index (χ0) is 24.4. The summed E-state index contributed by atoms with van der Waals surface area (Å²) >= 11 is 19.4. The van der Waals surface area contributed by atoms with Crippen LogP contribution >= 0.6 is 55.1 Å². The number of nitrogens with zero attached hydrogens (tertiary/aromatic N) is 3. The Morgan fingerprint density at radius 1 is 1.12 bits per heavy atom. The van der Waals surface area contributed by atoms with Gasteiger partial charge in [0.15, 0.2) is 11.5 Å². The van der Waals surface area contributed by atoms with Crippen LogP contribution < -0.4 is 15.0 Å². The van der Waals surface area contributed by atoms with Gasteiger partial charge in [0.2, 0.25) is 0 Å². The standard InChI is InChI=1S/C24H17Br2Cl2N3O3/c1-13-30-19-8-5-16(25)10-18(19)24(32)31(13)29-11-15-9-20(33-2)23(22(28)21(15)26)34-12-14-3-6-17(27)7-4-14/h3-11H,12H2,1-2H3. The Labute approximate surface area is 222 Å². The van der Waals surface area contributed by atoms with Crippen LogP contribution in [0.15, 0.2) is 67.4 Å². The quantitative estimate of drug-likeness (QED) is 0.216. The van der Waals surface area contributed by atoms with Crippen molar-refractivity contribution in [1.29, 1.82) is 0 Å². The lowest BCUT2D eigenvalue weighted by molar-refractivity contribution is 0.284. The van der Waals surface area contributed by atoms with Crippen LogP contribution in [0.25, 0.3) is 10.9 Å². The van der Waals surface area contributed by atoms with Crippen molar-refractivity contribution in [3.05, 3.63) is 94.8 Å². The van der Waals surface area contributed by atoms with Gasteiger partial charge >= 0.3 is 0 Å². The largest absolute Gasteiger partial charge is 0.493 e. The van der Waals surface area contributed by atoms with Crippen LogP contribution in [0, 0.1) is 6.92 Å². The highest BCUT2D eigenvalue weighted by molar-refractivity contribution is 9.10. The number of ether oxygens (including phenoxy) is 2. The molecular weight excluding hydrogens is 609 g/mol. The van der Waals surface area contributed by atoms with E-state index in [1.54, 1.807) is 37.3 Å². The van der Waals surface area contributed by atoms with Gasteiger partial charge in [-0.1, -0.05) is 51.3 Å². The average Bonchev–Trinajstić information content (AvgIpc) is 2.82. The summed E-state index contributed by atoms with van der Waals surface area (Å²) in [6, 6.07) is 14.4. The van der Waals surface area contributed by atoms with Gasteiger partial charge in [-0.25, -0.2) is 4.98 Å². The van der Waals surface area contributed by atoms with E-state index in [4.69, 9.17) is 32.7 Å². The van der Waals surface area contributed by atoms with Crippen molar-refractivity contribution in [3.63, 3.8) is 0 Å². The van der Waals surface area contributed by atoms with E-state index >= 15 is 0 Å². The predicted molar refractivity (Wildman–Crippen MR) is 143 cm³/mol. The fraction of sp³-hybridized carbons (Fsp3) is 0.125. The molecule has 0 aliphatic carbocycles. The molecule has 10 heteroatoms. The summed E-state index contributed by atoms with van der Waals surface area (Å²) in [6.45, 7) is 2.00. The Hall–Kier alpha value is -2.39. The molecule has 3 aromatic carbocycles. The van der Waals surface area contributed by atoms with E-state index in [1.807, 2.05) is 18.2 Å². The summed E-state index contributed by atoms with van der Waals surface area (Å²) in [5, 5.41) is 5.79. The maximum absolute atomic E-state index is 13.0. The number of rotatable bonds is 6. The Balaban J connectivity index is 1.68. The van der Waals surface area contributed by atoms with E-state index in [2.05, 4.69) is 41.9 Å². The van der Waals surface area contributed by atoms with Gasteiger partial charge in [0, 0.05) is 19.5 Å². The third kappa shape index (κ3) is 5.15. The van der Waals surface area contributed by atoms with E-state index < -0.39 is 0 Å². The summed E-state index contributed by atoms with van der Waals surface area (Å²) in [5.41, 5.74) is 1.85. The van der Waals surface area contributed by atoms with E-state index in [9.17, 15) is 4.79 Å². The Bertz CT molecular complexity index is 1470. The summed E-state index contributed by atoms with van der Waals surface area (Å²) in [6.07, 6.45) is 1.52. The topological polar surface area (TPSA) is 65.7 Å². The molecule has 0 radical (unpaired) electrons. The van der Waals surface area contributed by atoms with E-state index in [1.165, 1.54) is 18.0 Å². The molecular formula is C24H17Br2Cl2N3O3. The second-order valence-corrected chi connectivity index (χ2v) is 9.75. The molecule has 1 heterocycles. The molecule has 6 nitrogen and oxygen atoms in total. The second kappa shape index (κ2) is 10.5. The van der Waals surface area contributed by atoms with E-state index in [-0.39, 0.29) is 12.2 Å². The van der Waals surface area contributed by atoms with Gasteiger partial charge in [0.25, 0.3) is 5.56 Å². The van der Waals surface area contributed by atoms with Crippen molar-refractivity contribution in [2.24, 2.45) is 5.10 Å². The molecule has 4 aromatic rings. The molecule has 0 aliphatic rings. The summed E-state index contributed by atoms with van der Waals surface area (Å²) in [7, 11) is 1.52. The number of aryl methyl sites for hydroxylation is 1. The normalized spacial score (nSPS) is 11.4. The lowest BCUT2D eigenvalue weighted by Gasteiger charge is -2.15. The van der Waals surface area contributed by atoms with Crippen molar-refractivity contribution >= 4 is 72.2 Å². The minimum atomic E-state index is -0.280. The molecule has 0 N–H and O–H groups in total. The summed E-state index contributed by atoms with van der Waals surface area (Å²) in [4.78, 5) is 17.5. The van der Waals surface area contributed by atoms with Crippen LogP contribution in [-0.2, 0) is 6.61 Å². The minimum absolute atomic E-state index is 0.278. The molecule has 0 unspecified atom stereocenters. The molecule has 4 rings (SSSR count). The summed E-state index contributed by atoms with van der Waals surface area (Å²) in [5.74, 6) is 1.26. The van der Waals surface area contributed by atoms with Crippen molar-refractivity contribution in [2.75, 3.05) is 7.11 Å². The first-order valence-corrected chi connectivity index (χ1v) is 12.3. The molecule has 34 heavy (non-hydrogen) atoms. The fourth-order valence-corrected chi connectivity index (χ4v) is 4.38. The maximum Gasteiger partial charge on any atom is 0.282 e. The van der Waals surface area contributed by atoms with Crippen LogP contribution in [0.1, 0.15) is 17.0 Å². The number of methoxy groups -OCH3 is 1. The molecule has 0 spiro atoms. The third-order valence-electron chi connectivity index (χ3n) is 4.95. The number of hydrogen-bond donors (Lipinski definition) is 0. The number of hydrogen-bond acceptors (Lipinski definition) is 5. The smallest absolute Gasteiger partial charge is 0.282 e. The lowest BCUT2D eigenvalue weighted by atomic mass is 10.2. The van der Waals surface area contributed by atoms with Crippen molar-refractivity contribution in [1.82, 2.24) is 9.66 Å². The molecule has 1 aromatic heterocycles. The van der Waals surface area contributed by atoms with Gasteiger partial charge in [-0.15, -0.1) is 0 Å². The number of fused-ring (bicyclic) bond motifs is 1. The fourth-order valence-electron chi connectivity index (χ4n) is 3.24. The lowest BCUT2D eigenvalue weighted by Crippen LogP contribution is -2.20. The van der Waals surface area contributed by atoms with Crippen LogP contribution in [0.3, 0.4) is 0 Å². The highest BCUT2D eigenvalue weighted by Crippen LogP contribution is 2.42. The Morgan fingerprint density at radius 3 is 2.56 bits per heavy atom. The van der Waals surface area contributed by atoms with Crippen molar-refractivity contribution in [2.45, 2.75) is 13.5 Å². The van der Waals surface area contributed by atoms with E-state index in [0.717, 1.165) is 10.0 Å². The first kappa shape index (κ1) is 24.7. The molecule has 0 saturated heterocycles. The SMILES string of the molecule is COc1cc(C=Nn2c(C)nc3ccc(Br)cc3c2=O)c(Br)c(Cl)c1OCc1ccc(Cl)cc1. The van der Waals surface area contributed by atoms with Crippen LogP contribution in [0.5, 0.6) is 11.5 Å². The average molecular weight is 626 g/mol. The van der Waals surface area contributed by atoms with Crippen LogP contribution in [-0.4, -0.2) is 23.0 Å². The monoisotopic (exact) mass is 623 g/mol. The van der Waals surface area contributed by atoms with Crippen LogP contribution in [0.2, 0.25) is 10.0 Å². The molecule has 0 fully saturated rings. The zero-order valence-corrected chi connectivity index (χ0v) is 22.7. The molecule has 0 aliphatic heterocycles. The van der Waals surface area contributed by atoms with Crippen LogP contribution in [0.4, 0.5) is 0 Å². The van der Waals surface area contributed by atoms with E-state index in [0.29, 0.717) is 48.3 Å². The molecule has 0 amide bonds. The van der Waals surface area contributed by atoms with Gasteiger partial charge < -0.3 is 9.47 Å². The first-order chi connectivity index (χ1) is 16.3. The Morgan fingerprint density at radius 2 is 1.85 bits per heavy atom. The Kier molecular flexibility index (Phi) is 7.62. The number of halogens is 4. The third-order valence-corrected chi connectivity index (χ3v) is 7.14. The zero-order valence-electron chi connectivity index (χ0n) is 18.0. The van der Waals surface area contributed by atoms with Crippen molar-refractivity contribution in [3.8, 4) is 11.5 Å². The van der Waals surface area contributed by atoms with Gasteiger partial charge in [0.1, 0.15) is 17.5 Å². The van der Waals surface area contributed by atoms with Gasteiger partial charge in [-0.05, 0) is 64.8 Å². The highest BCUT2D eigenvalue weighted by Gasteiger charge is 2.17. The van der Waals surface area contributed by atoms with Crippen molar-refractivity contribution < 1.29 is 9.47 Å². The molecule has 0 atom stereocenters. The number of benzene rings is 3. The predicted octanol–water partition coefficient (Wildman–Crippen LogP) is 7.01.